The maximum Gasteiger partial charge on any atom is 0.125 e. The Kier molecular flexibility index (Phi) is 5.19. The van der Waals surface area contributed by atoms with Crippen LogP contribution in [0.25, 0.3) is 0 Å². The summed E-state index contributed by atoms with van der Waals surface area (Å²) >= 11 is 0. The standard InChI is InChI=1S/C18H22O2/c1-3-14-9-11-15(12-10-14)13-20-18-8-6-5-7-16(18)17(19)4-2/h5-12,17,19H,3-4,13H2,1-2H3. The highest BCUT2D eigenvalue weighted by Gasteiger charge is 2.10. The Balaban J connectivity index is 2.06. The summed E-state index contributed by atoms with van der Waals surface area (Å²) in [6, 6.07) is 16.1. The van der Waals surface area contributed by atoms with Gasteiger partial charge in [-0.05, 0) is 30.0 Å². The molecular weight excluding hydrogens is 248 g/mol. The van der Waals surface area contributed by atoms with E-state index in [0.29, 0.717) is 13.0 Å². The molecule has 0 saturated heterocycles. The molecule has 106 valence electrons. The predicted molar refractivity (Wildman–Crippen MR) is 81.8 cm³/mol. The lowest BCUT2D eigenvalue weighted by Crippen LogP contribution is -2.02. The Labute approximate surface area is 121 Å². The summed E-state index contributed by atoms with van der Waals surface area (Å²) < 4.78 is 5.86. The van der Waals surface area contributed by atoms with E-state index in [1.54, 1.807) is 0 Å². The van der Waals surface area contributed by atoms with Gasteiger partial charge in [-0.3, -0.25) is 0 Å². The lowest BCUT2D eigenvalue weighted by molar-refractivity contribution is 0.166. The summed E-state index contributed by atoms with van der Waals surface area (Å²) in [4.78, 5) is 0. The summed E-state index contributed by atoms with van der Waals surface area (Å²) in [6.45, 7) is 4.64. The zero-order valence-corrected chi connectivity index (χ0v) is 12.2. The quantitative estimate of drug-likeness (QED) is 0.849. The fourth-order valence-corrected chi connectivity index (χ4v) is 2.14. The second-order valence-electron chi connectivity index (χ2n) is 4.92. The highest BCUT2D eigenvalue weighted by Crippen LogP contribution is 2.27. The van der Waals surface area contributed by atoms with Crippen molar-refractivity contribution in [2.45, 2.75) is 39.4 Å². The van der Waals surface area contributed by atoms with Crippen LogP contribution in [0.4, 0.5) is 0 Å². The summed E-state index contributed by atoms with van der Waals surface area (Å²) in [6.07, 6.45) is 1.27. The Hall–Kier alpha value is -1.80. The van der Waals surface area contributed by atoms with Gasteiger partial charge < -0.3 is 9.84 Å². The normalized spacial score (nSPS) is 12.2. The number of ether oxygens (including phenoxy) is 1. The lowest BCUT2D eigenvalue weighted by Gasteiger charge is -2.15. The van der Waals surface area contributed by atoms with Crippen LogP contribution in [0, 0.1) is 0 Å². The maximum absolute atomic E-state index is 10.00. The molecule has 0 aliphatic heterocycles. The largest absolute Gasteiger partial charge is 0.489 e. The smallest absolute Gasteiger partial charge is 0.125 e. The van der Waals surface area contributed by atoms with Gasteiger partial charge in [0.05, 0.1) is 6.10 Å². The molecule has 1 atom stereocenters. The molecule has 0 amide bonds. The third-order valence-electron chi connectivity index (χ3n) is 3.49. The Morgan fingerprint density at radius 2 is 1.60 bits per heavy atom. The minimum Gasteiger partial charge on any atom is -0.489 e. The molecule has 0 aliphatic rings. The van der Waals surface area contributed by atoms with Gasteiger partial charge in [-0.15, -0.1) is 0 Å². The van der Waals surface area contributed by atoms with Crippen molar-refractivity contribution in [1.29, 1.82) is 0 Å². The van der Waals surface area contributed by atoms with Crippen molar-refractivity contribution in [2.24, 2.45) is 0 Å². The monoisotopic (exact) mass is 270 g/mol. The summed E-state index contributed by atoms with van der Waals surface area (Å²) in [7, 11) is 0. The van der Waals surface area contributed by atoms with E-state index in [9.17, 15) is 5.11 Å². The van der Waals surface area contributed by atoms with E-state index in [4.69, 9.17) is 4.74 Å². The number of hydrogen-bond acceptors (Lipinski definition) is 2. The van der Waals surface area contributed by atoms with Crippen molar-refractivity contribution in [2.75, 3.05) is 0 Å². The molecule has 20 heavy (non-hydrogen) atoms. The van der Waals surface area contributed by atoms with Gasteiger partial charge in [-0.25, -0.2) is 0 Å². The van der Waals surface area contributed by atoms with Crippen molar-refractivity contribution in [3.8, 4) is 5.75 Å². The van der Waals surface area contributed by atoms with Crippen LogP contribution in [-0.2, 0) is 13.0 Å². The first-order valence-corrected chi connectivity index (χ1v) is 7.22. The lowest BCUT2D eigenvalue weighted by atomic mass is 10.1. The molecule has 0 heterocycles. The first-order chi connectivity index (χ1) is 9.74. The Bertz CT molecular complexity index is 531. The van der Waals surface area contributed by atoms with Crippen molar-refractivity contribution >= 4 is 0 Å². The molecular formula is C18H22O2. The van der Waals surface area contributed by atoms with Gasteiger partial charge in [0.2, 0.25) is 0 Å². The number of benzene rings is 2. The van der Waals surface area contributed by atoms with E-state index in [0.717, 1.165) is 23.3 Å². The minimum absolute atomic E-state index is 0.464. The fourth-order valence-electron chi connectivity index (χ4n) is 2.14. The highest BCUT2D eigenvalue weighted by molar-refractivity contribution is 5.35. The molecule has 2 aromatic carbocycles. The van der Waals surface area contributed by atoms with E-state index in [2.05, 4.69) is 31.2 Å². The molecule has 0 saturated carbocycles. The fraction of sp³-hybridized carbons (Fsp3) is 0.333. The molecule has 1 unspecified atom stereocenters. The number of hydrogen-bond donors (Lipinski definition) is 1. The average Bonchev–Trinajstić information content (AvgIpc) is 2.53. The maximum atomic E-state index is 10.00. The highest BCUT2D eigenvalue weighted by atomic mass is 16.5. The van der Waals surface area contributed by atoms with E-state index in [1.807, 2.05) is 31.2 Å². The SMILES string of the molecule is CCc1ccc(COc2ccccc2C(O)CC)cc1. The topological polar surface area (TPSA) is 29.5 Å². The first kappa shape index (κ1) is 14.6. The molecule has 0 bridgehead atoms. The van der Waals surface area contributed by atoms with Crippen LogP contribution in [0.5, 0.6) is 5.75 Å². The van der Waals surface area contributed by atoms with Gasteiger partial charge in [-0.2, -0.15) is 0 Å². The molecule has 2 rings (SSSR count). The van der Waals surface area contributed by atoms with Crippen LogP contribution >= 0.6 is 0 Å². The van der Waals surface area contributed by atoms with Gasteiger partial charge in [0.25, 0.3) is 0 Å². The average molecular weight is 270 g/mol. The molecule has 1 N–H and O–H groups in total. The Morgan fingerprint density at radius 3 is 2.25 bits per heavy atom. The number of aliphatic hydroxyl groups excluding tert-OH is 1. The molecule has 0 radical (unpaired) electrons. The first-order valence-electron chi connectivity index (χ1n) is 7.22. The number of para-hydroxylation sites is 1. The summed E-state index contributed by atoms with van der Waals surface area (Å²) in [5.41, 5.74) is 3.33. The second kappa shape index (κ2) is 7.11. The molecule has 0 fully saturated rings. The van der Waals surface area contributed by atoms with Crippen LogP contribution in [0.1, 0.15) is 43.1 Å². The van der Waals surface area contributed by atoms with E-state index >= 15 is 0 Å². The number of aryl methyl sites for hydroxylation is 1. The summed E-state index contributed by atoms with van der Waals surface area (Å²) in [5.74, 6) is 0.765. The van der Waals surface area contributed by atoms with Gasteiger partial charge in [0, 0.05) is 5.56 Å². The van der Waals surface area contributed by atoms with Crippen LogP contribution in [0.15, 0.2) is 48.5 Å². The number of rotatable bonds is 6. The summed E-state index contributed by atoms with van der Waals surface area (Å²) in [5, 5.41) is 10.00. The zero-order valence-electron chi connectivity index (χ0n) is 12.2. The van der Waals surface area contributed by atoms with Crippen molar-refractivity contribution < 1.29 is 9.84 Å². The van der Waals surface area contributed by atoms with Crippen LogP contribution in [0.3, 0.4) is 0 Å². The third kappa shape index (κ3) is 3.61. The van der Waals surface area contributed by atoms with E-state index < -0.39 is 6.10 Å². The van der Waals surface area contributed by atoms with Gasteiger partial charge >= 0.3 is 0 Å². The van der Waals surface area contributed by atoms with Gasteiger partial charge in [0.1, 0.15) is 12.4 Å². The predicted octanol–water partition coefficient (Wildman–Crippen LogP) is 4.27. The van der Waals surface area contributed by atoms with Crippen molar-refractivity contribution in [1.82, 2.24) is 0 Å². The van der Waals surface area contributed by atoms with Crippen LogP contribution in [-0.4, -0.2) is 5.11 Å². The van der Waals surface area contributed by atoms with Gasteiger partial charge in [-0.1, -0.05) is 56.3 Å². The minimum atomic E-state index is -0.464. The molecule has 0 aromatic heterocycles. The second-order valence-corrected chi connectivity index (χ2v) is 4.92. The molecule has 0 spiro atoms. The molecule has 2 nitrogen and oxygen atoms in total. The molecule has 2 heteroatoms. The van der Waals surface area contributed by atoms with Crippen LogP contribution in [0.2, 0.25) is 0 Å². The van der Waals surface area contributed by atoms with Crippen LogP contribution < -0.4 is 4.74 Å². The van der Waals surface area contributed by atoms with Crippen molar-refractivity contribution in [3.63, 3.8) is 0 Å². The van der Waals surface area contributed by atoms with Gasteiger partial charge in [0.15, 0.2) is 0 Å². The van der Waals surface area contributed by atoms with Crippen molar-refractivity contribution in [3.05, 3.63) is 65.2 Å². The third-order valence-corrected chi connectivity index (χ3v) is 3.49. The van der Waals surface area contributed by atoms with E-state index in [1.165, 1.54) is 5.56 Å². The number of aliphatic hydroxyl groups is 1. The molecule has 2 aromatic rings. The molecule has 0 aliphatic carbocycles. The zero-order chi connectivity index (χ0) is 14.4. The van der Waals surface area contributed by atoms with E-state index in [-0.39, 0.29) is 0 Å². The Morgan fingerprint density at radius 1 is 0.950 bits per heavy atom.